The van der Waals surface area contributed by atoms with E-state index in [0.29, 0.717) is 49.3 Å². The Hall–Kier alpha value is -5.55. The normalized spacial score (nSPS) is 20.7. The smallest absolute Gasteiger partial charge is 0.293 e. The van der Waals surface area contributed by atoms with Crippen LogP contribution in [0.4, 0.5) is 17.1 Å². The van der Waals surface area contributed by atoms with Crippen LogP contribution < -0.4 is 19.7 Å². The van der Waals surface area contributed by atoms with Crippen molar-refractivity contribution in [2.24, 2.45) is 5.92 Å². The number of sulfonamides is 1. The minimum absolute atomic E-state index is 0.0168. The molecule has 16 heteroatoms. The van der Waals surface area contributed by atoms with Crippen LogP contribution in [-0.2, 0) is 14.8 Å². The molecule has 0 radical (unpaired) electrons. The third-order valence-corrected chi connectivity index (χ3v) is 14.5. The summed E-state index contributed by atoms with van der Waals surface area (Å²) in [5, 5.41) is 16.0. The van der Waals surface area contributed by atoms with Gasteiger partial charge in [-0.2, -0.15) is 0 Å². The maximum absolute atomic E-state index is 13.9. The zero-order valence-electron chi connectivity index (χ0n) is 33.9. The number of aromatic nitrogens is 2. The van der Waals surface area contributed by atoms with E-state index in [-0.39, 0.29) is 22.9 Å². The van der Waals surface area contributed by atoms with Crippen molar-refractivity contribution in [3.05, 3.63) is 112 Å². The average Bonchev–Trinajstić information content (AvgIpc) is 3.78. The highest BCUT2D eigenvalue weighted by Gasteiger charge is 2.44. The number of anilines is 2. The van der Waals surface area contributed by atoms with Crippen LogP contribution in [-0.4, -0.2) is 104 Å². The van der Waals surface area contributed by atoms with E-state index in [9.17, 15) is 23.3 Å². The molecule has 5 fully saturated rings. The summed E-state index contributed by atoms with van der Waals surface area (Å²) in [5.41, 5.74) is 4.40. The highest BCUT2D eigenvalue weighted by molar-refractivity contribution is 7.90. The second-order valence-electron chi connectivity index (χ2n) is 17.1. The van der Waals surface area contributed by atoms with Crippen molar-refractivity contribution < 1.29 is 27.6 Å². The predicted molar refractivity (Wildman–Crippen MR) is 231 cm³/mol. The third-order valence-electron chi connectivity index (χ3n) is 13.2. The van der Waals surface area contributed by atoms with Gasteiger partial charge in [0.15, 0.2) is 0 Å². The number of hydrogen-bond donors (Lipinski definition) is 3. The molecule has 5 aliphatic rings. The maximum atomic E-state index is 13.9. The number of nitrogens with one attached hydrogen (secondary N) is 3. The first-order valence-electron chi connectivity index (χ1n) is 21.4. The van der Waals surface area contributed by atoms with Gasteiger partial charge in [0.25, 0.3) is 21.6 Å². The van der Waals surface area contributed by atoms with Crippen LogP contribution >= 0.6 is 0 Å². The van der Waals surface area contributed by atoms with Crippen molar-refractivity contribution in [3.8, 4) is 11.5 Å². The number of amides is 1. The number of likely N-dealkylation sites (tertiary alicyclic amines) is 2. The number of ether oxygens (including phenoxy) is 2. The van der Waals surface area contributed by atoms with Crippen molar-refractivity contribution in [3.63, 3.8) is 0 Å². The number of carbonyl (C=O) groups is 1. The molecular weight excluding hydrogens is 797 g/mol. The first kappa shape index (κ1) is 39.6. The molecule has 1 atom stereocenters. The number of fused-ring (bicyclic) bond motifs is 1. The van der Waals surface area contributed by atoms with Crippen LogP contribution in [0.15, 0.2) is 90.1 Å². The summed E-state index contributed by atoms with van der Waals surface area (Å²) in [6.07, 6.45) is 10.0. The molecule has 10 rings (SSSR count). The topological polar surface area (TPSA) is 175 Å². The number of rotatable bonds is 14. The molecule has 0 spiro atoms. The fourth-order valence-electron chi connectivity index (χ4n) is 9.54. The van der Waals surface area contributed by atoms with Gasteiger partial charge in [0.2, 0.25) is 0 Å². The number of nitro benzene ring substituents is 1. The predicted octanol–water partition coefficient (Wildman–Crippen LogP) is 6.81. The van der Waals surface area contributed by atoms with Crippen molar-refractivity contribution in [2.45, 2.75) is 67.5 Å². The monoisotopic (exact) mass is 846 g/mol. The van der Waals surface area contributed by atoms with Gasteiger partial charge in [-0.3, -0.25) is 24.7 Å². The van der Waals surface area contributed by atoms with Gasteiger partial charge < -0.3 is 24.7 Å². The van der Waals surface area contributed by atoms with Crippen LogP contribution in [0.25, 0.3) is 11.0 Å². The Bertz CT molecular complexity index is 2560. The van der Waals surface area contributed by atoms with Gasteiger partial charge in [0.1, 0.15) is 22.8 Å². The molecule has 1 unspecified atom stereocenters. The molecular formula is C45H50N8O7S. The van der Waals surface area contributed by atoms with E-state index in [0.717, 1.165) is 68.6 Å². The van der Waals surface area contributed by atoms with Gasteiger partial charge in [-0.1, -0.05) is 24.3 Å². The molecule has 0 bridgehead atoms. The zero-order valence-corrected chi connectivity index (χ0v) is 34.7. The lowest BCUT2D eigenvalue weighted by Crippen LogP contribution is -2.69. The second-order valence-corrected chi connectivity index (χ2v) is 18.8. The fourth-order valence-corrected chi connectivity index (χ4v) is 10.5. The van der Waals surface area contributed by atoms with Crippen LogP contribution in [0, 0.1) is 16.0 Å². The number of nitrogens with zero attached hydrogens (tertiary/aromatic N) is 5. The molecule has 3 aromatic carbocycles. The third kappa shape index (κ3) is 8.16. The lowest BCUT2D eigenvalue weighted by molar-refractivity contribution is -0.384. The van der Waals surface area contributed by atoms with Crippen molar-refractivity contribution in [2.75, 3.05) is 62.7 Å². The number of nitro groups is 1. The summed E-state index contributed by atoms with van der Waals surface area (Å²) >= 11 is 0. The quantitative estimate of drug-likeness (QED) is 0.0788. The molecule has 1 amide bonds. The second kappa shape index (κ2) is 16.4. The van der Waals surface area contributed by atoms with Gasteiger partial charge >= 0.3 is 0 Å². The van der Waals surface area contributed by atoms with Crippen LogP contribution in [0.3, 0.4) is 0 Å². The summed E-state index contributed by atoms with van der Waals surface area (Å²) in [4.78, 5) is 39.9. The van der Waals surface area contributed by atoms with E-state index in [1.165, 1.54) is 44.0 Å². The first-order valence-corrected chi connectivity index (χ1v) is 22.9. The highest BCUT2D eigenvalue weighted by Crippen LogP contribution is 2.47. The number of pyridine rings is 1. The van der Waals surface area contributed by atoms with Gasteiger partial charge in [0, 0.05) is 93.5 Å². The van der Waals surface area contributed by atoms with Crippen LogP contribution in [0.1, 0.15) is 72.0 Å². The van der Waals surface area contributed by atoms with Crippen molar-refractivity contribution in [1.82, 2.24) is 24.5 Å². The Morgan fingerprint density at radius 1 is 0.934 bits per heavy atom. The summed E-state index contributed by atoms with van der Waals surface area (Å²) in [7, 11) is -4.53. The molecule has 4 saturated heterocycles. The van der Waals surface area contributed by atoms with Crippen molar-refractivity contribution in [1.29, 1.82) is 0 Å². The van der Waals surface area contributed by atoms with E-state index in [2.05, 4.69) is 59.0 Å². The van der Waals surface area contributed by atoms with Gasteiger partial charge in [-0.25, -0.2) is 18.1 Å². The first-order chi connectivity index (χ1) is 29.7. The lowest BCUT2D eigenvalue weighted by atomic mass is 9.93. The standard InChI is InChI=1S/C45H50N8O7S/c54-45(49-61(57,58)36-10-12-40(42(22-36)53(55)56)47-23-29-14-18-59-19-15-29)39-11-9-32(21-43(39)60-35-20-31-13-16-46-44(31)48-24-35)50-25-33(26-50)51-27-34(28-51)52-17-3-6-41(52)38-5-2-1-4-37(38)30-7-8-30/h1-2,4-5,9-13,16,20-22,24,29-30,33-34,41,47H,3,6-8,14-15,17-19,23,25-28H2,(H,46,48)(H,49,54). The molecule has 1 saturated carbocycles. The van der Waals surface area contributed by atoms with Crippen LogP contribution in [0.5, 0.6) is 11.5 Å². The number of H-pyrrole nitrogens is 1. The van der Waals surface area contributed by atoms with Crippen LogP contribution in [0.2, 0.25) is 0 Å². The Morgan fingerprint density at radius 3 is 2.52 bits per heavy atom. The molecule has 5 aromatic rings. The Labute approximate surface area is 354 Å². The largest absolute Gasteiger partial charge is 0.455 e. The minimum Gasteiger partial charge on any atom is -0.455 e. The summed E-state index contributed by atoms with van der Waals surface area (Å²) in [6, 6.07) is 22.9. The number of benzene rings is 3. The lowest BCUT2D eigenvalue weighted by Gasteiger charge is -2.55. The van der Waals surface area contributed by atoms with E-state index >= 15 is 0 Å². The molecule has 6 heterocycles. The highest BCUT2D eigenvalue weighted by atomic mass is 32.2. The number of aromatic amines is 1. The molecule has 1 aliphatic carbocycles. The van der Waals surface area contributed by atoms with Gasteiger partial charge in [-0.05, 0) is 104 Å². The zero-order chi connectivity index (χ0) is 41.7. The molecule has 3 N–H and O–H groups in total. The Kier molecular flexibility index (Phi) is 10.6. The number of hydrogen-bond acceptors (Lipinski definition) is 12. The number of carbonyl (C=O) groups excluding carboxylic acids is 1. The molecule has 15 nitrogen and oxygen atoms in total. The van der Waals surface area contributed by atoms with E-state index < -0.39 is 31.4 Å². The average molecular weight is 847 g/mol. The SMILES string of the molecule is O=C(NS(=O)(=O)c1ccc(NCC2CCOCC2)c([N+](=O)[O-])c1)c1ccc(N2CC(N3CC(N4CCCC4c4ccccc4C4CC4)C3)C2)cc1Oc1cnc2[nH]ccc2c1. The summed E-state index contributed by atoms with van der Waals surface area (Å²) in [5.74, 6) is 0.607. The Balaban J connectivity index is 0.826. The molecule has 318 valence electrons. The maximum Gasteiger partial charge on any atom is 0.293 e. The van der Waals surface area contributed by atoms with E-state index in [1.807, 2.05) is 6.07 Å². The summed E-state index contributed by atoms with van der Waals surface area (Å²) < 4.78 is 41.1. The summed E-state index contributed by atoms with van der Waals surface area (Å²) in [6.45, 7) is 6.64. The van der Waals surface area contributed by atoms with Crippen molar-refractivity contribution >= 4 is 44.0 Å². The molecule has 2 aromatic heterocycles. The minimum atomic E-state index is -4.53. The molecule has 61 heavy (non-hydrogen) atoms. The van der Waals surface area contributed by atoms with Gasteiger partial charge in [-0.15, -0.1) is 0 Å². The molecule has 4 aliphatic heterocycles. The van der Waals surface area contributed by atoms with E-state index in [4.69, 9.17) is 9.47 Å². The fraction of sp³-hybridized carbons (Fsp3) is 0.422. The van der Waals surface area contributed by atoms with Gasteiger partial charge in [0.05, 0.1) is 21.6 Å². The Morgan fingerprint density at radius 2 is 1.74 bits per heavy atom. The van der Waals surface area contributed by atoms with E-state index in [1.54, 1.807) is 41.6 Å².